The molecule has 0 atom stereocenters. The lowest BCUT2D eigenvalue weighted by Gasteiger charge is -2.01. The van der Waals surface area contributed by atoms with Gasteiger partial charge < -0.3 is 4.74 Å². The molecule has 0 bridgehead atoms. The number of Topliss-reactive ketones (excluding diaryl/α,β-unsaturated/α-hetero) is 1. The highest BCUT2D eigenvalue weighted by Crippen LogP contribution is 2.08. The minimum absolute atomic E-state index is 0.0885. The normalized spacial score (nSPS) is 9.75. The maximum absolute atomic E-state index is 11.7. The van der Waals surface area contributed by atoms with Gasteiger partial charge in [-0.3, -0.25) is 4.79 Å². The van der Waals surface area contributed by atoms with Crippen LogP contribution in [0.15, 0.2) is 24.3 Å². The molecule has 4 heteroatoms. The summed E-state index contributed by atoms with van der Waals surface area (Å²) >= 11 is 1.55. The average Bonchev–Trinajstić information content (AvgIpc) is 2.34. The van der Waals surface area contributed by atoms with E-state index in [1.807, 2.05) is 6.07 Å². The zero-order valence-electron chi connectivity index (χ0n) is 9.10. The molecular weight excluding hydrogens is 222 g/mol. The van der Waals surface area contributed by atoms with Gasteiger partial charge in [-0.15, -0.1) is 0 Å². The molecule has 0 amide bonds. The highest BCUT2D eigenvalue weighted by Gasteiger charge is 2.05. The van der Waals surface area contributed by atoms with Crippen LogP contribution in [0.4, 0.5) is 0 Å². The molecule has 1 aromatic carbocycles. The van der Waals surface area contributed by atoms with Crippen molar-refractivity contribution in [2.75, 3.05) is 25.2 Å². The third-order valence-corrected chi connectivity index (χ3v) is 2.92. The number of hydrogen-bond acceptors (Lipinski definition) is 4. The second-order valence-corrected chi connectivity index (χ2v) is 4.26. The predicted octanol–water partition coefficient (Wildman–Crippen LogP) is 2.12. The fourth-order valence-corrected chi connectivity index (χ4v) is 1.90. The number of methoxy groups -OCH3 is 1. The van der Waals surface area contributed by atoms with Gasteiger partial charge in [0.2, 0.25) is 0 Å². The molecule has 3 nitrogen and oxygen atoms in total. The largest absolute Gasteiger partial charge is 0.384 e. The molecule has 0 heterocycles. The third-order valence-electron chi connectivity index (χ3n) is 2.00. The zero-order valence-corrected chi connectivity index (χ0v) is 9.92. The molecule has 0 aliphatic heterocycles. The second kappa shape index (κ2) is 7.04. The van der Waals surface area contributed by atoms with Gasteiger partial charge in [-0.1, -0.05) is 12.1 Å². The van der Waals surface area contributed by atoms with E-state index in [9.17, 15) is 4.79 Å². The molecule has 0 saturated carbocycles. The first-order valence-corrected chi connectivity index (χ1v) is 6.03. The van der Waals surface area contributed by atoms with Gasteiger partial charge in [-0.25, -0.2) is 0 Å². The van der Waals surface area contributed by atoms with Gasteiger partial charge in [0.1, 0.15) is 0 Å². The number of ether oxygens (including phenoxy) is 1. The van der Waals surface area contributed by atoms with Gasteiger partial charge in [-0.2, -0.15) is 17.0 Å². The summed E-state index contributed by atoms with van der Waals surface area (Å²) in [6, 6.07) is 8.72. The topological polar surface area (TPSA) is 50.1 Å². The van der Waals surface area contributed by atoms with Crippen LogP contribution >= 0.6 is 11.8 Å². The van der Waals surface area contributed by atoms with Gasteiger partial charge in [-0.05, 0) is 12.1 Å². The van der Waals surface area contributed by atoms with Crippen LogP contribution in [0.5, 0.6) is 0 Å². The molecule has 0 saturated heterocycles. The molecule has 0 unspecified atom stereocenters. The van der Waals surface area contributed by atoms with Crippen LogP contribution in [0.1, 0.15) is 15.9 Å². The first-order chi connectivity index (χ1) is 7.77. The summed E-state index contributed by atoms with van der Waals surface area (Å²) in [5.41, 5.74) is 1.23. The molecule has 0 fully saturated rings. The summed E-state index contributed by atoms with van der Waals surface area (Å²) in [7, 11) is 1.64. The minimum atomic E-state index is 0.0885. The van der Waals surface area contributed by atoms with Crippen molar-refractivity contribution < 1.29 is 9.53 Å². The maximum Gasteiger partial charge on any atom is 0.172 e. The van der Waals surface area contributed by atoms with Crippen molar-refractivity contribution in [2.24, 2.45) is 0 Å². The summed E-state index contributed by atoms with van der Waals surface area (Å²) in [5.74, 6) is 1.36. The monoisotopic (exact) mass is 235 g/mol. The minimum Gasteiger partial charge on any atom is -0.384 e. The van der Waals surface area contributed by atoms with Crippen molar-refractivity contribution in [3.8, 4) is 6.07 Å². The van der Waals surface area contributed by atoms with Crippen LogP contribution in [-0.2, 0) is 4.74 Å². The van der Waals surface area contributed by atoms with Crippen molar-refractivity contribution in [3.05, 3.63) is 35.4 Å². The molecule has 0 aliphatic carbocycles. The lowest BCUT2D eigenvalue weighted by molar-refractivity contribution is 0.102. The zero-order chi connectivity index (χ0) is 11.8. The Hall–Kier alpha value is -1.31. The molecule has 0 radical (unpaired) electrons. The van der Waals surface area contributed by atoms with Crippen LogP contribution in [0.3, 0.4) is 0 Å². The Kier molecular flexibility index (Phi) is 5.62. The van der Waals surface area contributed by atoms with Crippen LogP contribution in [-0.4, -0.2) is 31.0 Å². The fraction of sp³-hybridized carbons (Fsp3) is 0.333. The Morgan fingerprint density at radius 3 is 2.69 bits per heavy atom. The van der Waals surface area contributed by atoms with E-state index in [4.69, 9.17) is 10.00 Å². The Morgan fingerprint density at radius 2 is 2.12 bits per heavy atom. The lowest BCUT2D eigenvalue weighted by Crippen LogP contribution is -2.04. The second-order valence-electron chi connectivity index (χ2n) is 3.16. The van der Waals surface area contributed by atoms with E-state index >= 15 is 0 Å². The molecule has 0 N–H and O–H groups in total. The molecule has 0 aliphatic rings. The summed E-state index contributed by atoms with van der Waals surface area (Å²) in [6.07, 6.45) is 0. The van der Waals surface area contributed by atoms with Crippen LogP contribution in [0, 0.1) is 11.3 Å². The Balaban J connectivity index is 2.44. The standard InChI is InChI=1S/C12H13NO2S/c1-15-6-7-16-9-12(14)11-4-2-10(8-13)3-5-11/h2-5H,6-7,9H2,1H3. The number of rotatable bonds is 6. The number of carbonyl (C=O) groups is 1. The van der Waals surface area contributed by atoms with Crippen LogP contribution < -0.4 is 0 Å². The Morgan fingerprint density at radius 1 is 1.44 bits per heavy atom. The number of carbonyl (C=O) groups excluding carboxylic acids is 1. The van der Waals surface area contributed by atoms with Gasteiger partial charge in [0, 0.05) is 18.4 Å². The van der Waals surface area contributed by atoms with E-state index in [-0.39, 0.29) is 5.78 Å². The van der Waals surface area contributed by atoms with Crippen molar-refractivity contribution >= 4 is 17.5 Å². The quantitative estimate of drug-likeness (QED) is 0.560. The Labute approximate surface area is 99.4 Å². The van der Waals surface area contributed by atoms with Gasteiger partial charge >= 0.3 is 0 Å². The highest BCUT2D eigenvalue weighted by molar-refractivity contribution is 8.00. The summed E-state index contributed by atoms with van der Waals surface area (Å²) in [6.45, 7) is 0.658. The Bertz CT molecular complexity index is 381. The summed E-state index contributed by atoms with van der Waals surface area (Å²) in [4.78, 5) is 11.7. The predicted molar refractivity (Wildman–Crippen MR) is 64.7 cm³/mol. The number of nitriles is 1. The van der Waals surface area contributed by atoms with E-state index in [1.54, 1.807) is 43.1 Å². The number of benzene rings is 1. The van der Waals surface area contributed by atoms with E-state index in [0.717, 1.165) is 5.75 Å². The number of ketones is 1. The molecule has 0 aromatic heterocycles. The molecule has 1 rings (SSSR count). The summed E-state index contributed by atoms with van der Waals surface area (Å²) in [5, 5.41) is 8.61. The highest BCUT2D eigenvalue weighted by atomic mass is 32.2. The van der Waals surface area contributed by atoms with E-state index < -0.39 is 0 Å². The van der Waals surface area contributed by atoms with Crippen LogP contribution in [0.2, 0.25) is 0 Å². The molecular formula is C12H13NO2S. The molecule has 84 valence electrons. The number of thioether (sulfide) groups is 1. The lowest BCUT2D eigenvalue weighted by atomic mass is 10.1. The van der Waals surface area contributed by atoms with Gasteiger partial charge in [0.25, 0.3) is 0 Å². The first kappa shape index (κ1) is 12.8. The van der Waals surface area contributed by atoms with E-state index in [1.165, 1.54) is 0 Å². The summed E-state index contributed by atoms with van der Waals surface area (Å²) < 4.78 is 4.89. The van der Waals surface area contributed by atoms with Gasteiger partial charge in [0.05, 0.1) is 24.0 Å². The number of hydrogen-bond donors (Lipinski definition) is 0. The molecule has 16 heavy (non-hydrogen) atoms. The van der Waals surface area contributed by atoms with Crippen molar-refractivity contribution in [3.63, 3.8) is 0 Å². The number of nitrogens with zero attached hydrogens (tertiary/aromatic N) is 1. The molecule has 1 aromatic rings. The van der Waals surface area contributed by atoms with Crippen molar-refractivity contribution in [1.82, 2.24) is 0 Å². The van der Waals surface area contributed by atoms with Gasteiger partial charge in [0.15, 0.2) is 5.78 Å². The first-order valence-electron chi connectivity index (χ1n) is 4.88. The van der Waals surface area contributed by atoms with Crippen molar-refractivity contribution in [2.45, 2.75) is 0 Å². The van der Waals surface area contributed by atoms with E-state index in [2.05, 4.69) is 0 Å². The van der Waals surface area contributed by atoms with Crippen molar-refractivity contribution in [1.29, 1.82) is 5.26 Å². The SMILES string of the molecule is COCCSCC(=O)c1ccc(C#N)cc1. The van der Waals surface area contributed by atoms with Crippen LogP contribution in [0.25, 0.3) is 0 Å². The smallest absolute Gasteiger partial charge is 0.172 e. The third kappa shape index (κ3) is 4.05. The maximum atomic E-state index is 11.7. The molecule has 0 spiro atoms. The average molecular weight is 235 g/mol. The van der Waals surface area contributed by atoms with E-state index in [0.29, 0.717) is 23.5 Å². The fourth-order valence-electron chi connectivity index (χ4n) is 1.12.